The molecular formula is C31H27NO7. The minimum absolute atomic E-state index is 0.0486. The predicted octanol–water partition coefficient (Wildman–Crippen LogP) is 5.46. The predicted molar refractivity (Wildman–Crippen MR) is 145 cm³/mol. The third-order valence-electron chi connectivity index (χ3n) is 7.23. The Kier molecular flexibility index (Phi) is 6.02. The van der Waals surface area contributed by atoms with Gasteiger partial charge in [-0.05, 0) is 72.5 Å². The lowest BCUT2D eigenvalue weighted by Crippen LogP contribution is -2.29. The number of aryl methyl sites for hydroxylation is 2. The van der Waals surface area contributed by atoms with E-state index in [9.17, 15) is 9.59 Å². The smallest absolute Gasteiger partial charge is 0.291 e. The summed E-state index contributed by atoms with van der Waals surface area (Å²) in [6, 6.07) is 13.9. The molecule has 39 heavy (non-hydrogen) atoms. The lowest BCUT2D eigenvalue weighted by atomic mass is 9.97. The van der Waals surface area contributed by atoms with Crippen LogP contribution in [0, 0.1) is 13.8 Å². The second-order valence-electron chi connectivity index (χ2n) is 9.64. The molecule has 198 valence electrons. The van der Waals surface area contributed by atoms with Crippen LogP contribution in [0.2, 0.25) is 0 Å². The molecule has 1 amide bonds. The largest absolute Gasteiger partial charge is 0.493 e. The van der Waals surface area contributed by atoms with Gasteiger partial charge in [-0.3, -0.25) is 9.59 Å². The highest BCUT2D eigenvalue weighted by molar-refractivity contribution is 5.99. The van der Waals surface area contributed by atoms with Gasteiger partial charge in [0.15, 0.2) is 28.4 Å². The molecule has 6 rings (SSSR count). The number of nitrogens with zero attached hydrogens (tertiary/aromatic N) is 1. The van der Waals surface area contributed by atoms with Crippen LogP contribution in [-0.4, -0.2) is 31.3 Å². The van der Waals surface area contributed by atoms with Crippen LogP contribution in [0.15, 0.2) is 70.4 Å². The number of fused-ring (bicyclic) bond motifs is 3. The number of carbonyl (C=O) groups is 1. The third kappa shape index (κ3) is 4.09. The summed E-state index contributed by atoms with van der Waals surface area (Å²) in [5, 5.41) is 0.442. The number of ether oxygens (including phenoxy) is 4. The van der Waals surface area contributed by atoms with E-state index in [0.29, 0.717) is 51.7 Å². The van der Waals surface area contributed by atoms with Crippen LogP contribution < -0.4 is 24.4 Å². The Hall–Kier alpha value is -4.72. The van der Waals surface area contributed by atoms with E-state index in [1.54, 1.807) is 30.2 Å². The van der Waals surface area contributed by atoms with Crippen molar-refractivity contribution in [2.24, 2.45) is 0 Å². The van der Waals surface area contributed by atoms with E-state index in [1.165, 1.54) is 0 Å². The Morgan fingerprint density at radius 2 is 1.79 bits per heavy atom. The fourth-order valence-electron chi connectivity index (χ4n) is 5.14. The van der Waals surface area contributed by atoms with Crippen LogP contribution in [0.1, 0.15) is 44.4 Å². The van der Waals surface area contributed by atoms with Gasteiger partial charge in [-0.15, -0.1) is 0 Å². The molecule has 2 aliphatic heterocycles. The molecule has 8 heteroatoms. The maximum atomic E-state index is 14.0. The first-order valence-corrected chi connectivity index (χ1v) is 12.6. The van der Waals surface area contributed by atoms with Crippen molar-refractivity contribution in [3.05, 3.63) is 105 Å². The second kappa shape index (κ2) is 9.54. The lowest BCUT2D eigenvalue weighted by molar-refractivity contribution is 0.0714. The van der Waals surface area contributed by atoms with Crippen LogP contribution in [0.5, 0.6) is 23.0 Å². The maximum absolute atomic E-state index is 14.0. The van der Waals surface area contributed by atoms with Crippen LogP contribution >= 0.6 is 0 Å². The minimum Gasteiger partial charge on any atom is -0.493 e. The highest BCUT2D eigenvalue weighted by atomic mass is 16.7. The van der Waals surface area contributed by atoms with Crippen molar-refractivity contribution in [1.82, 2.24) is 4.90 Å². The Morgan fingerprint density at radius 3 is 2.59 bits per heavy atom. The average molecular weight is 526 g/mol. The number of rotatable bonds is 7. The fraction of sp³-hybridized carbons (Fsp3) is 0.226. The van der Waals surface area contributed by atoms with Crippen molar-refractivity contribution in [1.29, 1.82) is 0 Å². The zero-order valence-corrected chi connectivity index (χ0v) is 21.9. The standard InChI is InChI=1S/C31H27NO7/c1-5-10-36-22-9-7-20(14-25(22)35-4)28-27-29(33)21-11-17(2)18(3)12-24(21)39-30(27)31(34)32(28)15-19-6-8-23-26(13-19)38-16-37-23/h5-9,11-14,28H,1,10,15-16H2,2-4H3/t28-/m0/s1. The highest BCUT2D eigenvalue weighted by Gasteiger charge is 2.43. The van der Waals surface area contributed by atoms with Crippen molar-refractivity contribution < 1.29 is 28.2 Å². The Bertz CT molecular complexity index is 1700. The number of hydrogen-bond donors (Lipinski definition) is 0. The van der Waals surface area contributed by atoms with Crippen molar-refractivity contribution in [3.8, 4) is 23.0 Å². The van der Waals surface area contributed by atoms with Gasteiger partial charge in [-0.1, -0.05) is 24.8 Å². The molecule has 4 aromatic rings. The van der Waals surface area contributed by atoms with E-state index in [0.717, 1.165) is 16.7 Å². The molecule has 0 N–H and O–H groups in total. The Balaban J connectivity index is 1.52. The fourth-order valence-corrected chi connectivity index (χ4v) is 5.14. The molecule has 0 unspecified atom stereocenters. The average Bonchev–Trinajstić information content (AvgIpc) is 3.51. The molecule has 3 aromatic carbocycles. The highest BCUT2D eigenvalue weighted by Crippen LogP contribution is 2.42. The summed E-state index contributed by atoms with van der Waals surface area (Å²) in [5.74, 6) is 1.97. The molecule has 0 saturated heterocycles. The van der Waals surface area contributed by atoms with Gasteiger partial charge in [0.25, 0.3) is 5.91 Å². The first kappa shape index (κ1) is 24.6. The normalized spacial score (nSPS) is 15.5. The van der Waals surface area contributed by atoms with Gasteiger partial charge in [0, 0.05) is 6.54 Å². The van der Waals surface area contributed by atoms with E-state index in [4.69, 9.17) is 23.4 Å². The van der Waals surface area contributed by atoms with Crippen molar-refractivity contribution >= 4 is 16.9 Å². The molecule has 2 aliphatic rings. The van der Waals surface area contributed by atoms with E-state index in [1.807, 2.05) is 50.2 Å². The molecule has 1 atom stereocenters. The van der Waals surface area contributed by atoms with Gasteiger partial charge >= 0.3 is 0 Å². The van der Waals surface area contributed by atoms with Gasteiger partial charge in [0.05, 0.1) is 24.1 Å². The van der Waals surface area contributed by atoms with Crippen molar-refractivity contribution in [3.63, 3.8) is 0 Å². The van der Waals surface area contributed by atoms with Gasteiger partial charge in [-0.25, -0.2) is 0 Å². The summed E-state index contributed by atoms with van der Waals surface area (Å²) < 4.78 is 28.5. The molecule has 0 spiro atoms. The minimum atomic E-state index is -0.706. The van der Waals surface area contributed by atoms with Gasteiger partial charge in [0.1, 0.15) is 12.2 Å². The molecule has 3 heterocycles. The van der Waals surface area contributed by atoms with Gasteiger partial charge < -0.3 is 28.3 Å². The Labute approximate surface area is 225 Å². The molecule has 0 aliphatic carbocycles. The van der Waals surface area contributed by atoms with Crippen LogP contribution in [0.3, 0.4) is 0 Å². The lowest BCUT2D eigenvalue weighted by Gasteiger charge is -2.26. The van der Waals surface area contributed by atoms with Crippen molar-refractivity contribution in [2.75, 3.05) is 20.5 Å². The third-order valence-corrected chi connectivity index (χ3v) is 7.23. The number of hydrogen-bond acceptors (Lipinski definition) is 7. The maximum Gasteiger partial charge on any atom is 0.291 e. The van der Waals surface area contributed by atoms with E-state index >= 15 is 0 Å². The molecule has 0 saturated carbocycles. The topological polar surface area (TPSA) is 87.4 Å². The van der Waals surface area contributed by atoms with Crippen LogP contribution in [-0.2, 0) is 6.54 Å². The summed E-state index contributed by atoms with van der Waals surface area (Å²) in [6.07, 6.45) is 1.65. The zero-order valence-electron chi connectivity index (χ0n) is 21.9. The first-order valence-electron chi connectivity index (χ1n) is 12.6. The van der Waals surface area contributed by atoms with Crippen LogP contribution in [0.4, 0.5) is 0 Å². The molecule has 1 aromatic heterocycles. The quantitative estimate of drug-likeness (QED) is 0.296. The number of methoxy groups -OCH3 is 1. The summed E-state index contributed by atoms with van der Waals surface area (Å²) in [4.78, 5) is 29.5. The van der Waals surface area contributed by atoms with Crippen molar-refractivity contribution in [2.45, 2.75) is 26.4 Å². The van der Waals surface area contributed by atoms with E-state index in [2.05, 4.69) is 6.58 Å². The summed E-state index contributed by atoms with van der Waals surface area (Å²) >= 11 is 0. The van der Waals surface area contributed by atoms with Crippen LogP contribution in [0.25, 0.3) is 11.0 Å². The molecule has 0 bridgehead atoms. The second-order valence-corrected chi connectivity index (χ2v) is 9.64. The number of amides is 1. The van der Waals surface area contributed by atoms with Gasteiger partial charge in [-0.2, -0.15) is 0 Å². The summed E-state index contributed by atoms with van der Waals surface area (Å²) in [7, 11) is 1.55. The number of benzene rings is 3. The SMILES string of the molecule is C=CCOc1ccc([C@H]2c3c(oc4cc(C)c(C)cc4c3=O)C(=O)N2Cc2ccc3c(c2)OCO3)cc1OC. The van der Waals surface area contributed by atoms with E-state index < -0.39 is 6.04 Å². The molecular weight excluding hydrogens is 498 g/mol. The molecule has 0 radical (unpaired) electrons. The zero-order chi connectivity index (χ0) is 27.3. The monoisotopic (exact) mass is 525 g/mol. The molecule has 0 fully saturated rings. The van der Waals surface area contributed by atoms with E-state index in [-0.39, 0.29) is 30.4 Å². The van der Waals surface area contributed by atoms with Gasteiger partial charge in [0.2, 0.25) is 12.6 Å². The summed E-state index contributed by atoms with van der Waals surface area (Å²) in [5.41, 5.74) is 3.94. The Morgan fingerprint density at radius 1 is 1.00 bits per heavy atom. The first-order chi connectivity index (χ1) is 18.9. The number of carbonyl (C=O) groups excluding carboxylic acids is 1. The molecule has 8 nitrogen and oxygen atoms in total. The summed E-state index contributed by atoms with van der Waals surface area (Å²) in [6.45, 7) is 8.26.